The Morgan fingerprint density at radius 1 is 1.00 bits per heavy atom. The highest BCUT2D eigenvalue weighted by Crippen LogP contribution is 2.25. The molecular weight excluding hydrogens is 332 g/mol. The quantitative estimate of drug-likeness (QED) is 0.644. The third-order valence-electron chi connectivity index (χ3n) is 3.83. The van der Waals surface area contributed by atoms with Gasteiger partial charge in [-0.2, -0.15) is 4.98 Å². The summed E-state index contributed by atoms with van der Waals surface area (Å²) in [5.41, 5.74) is 4.15. The molecule has 1 aromatic heterocycles. The molecule has 3 aromatic rings. The number of anilines is 4. The number of hydrogen-bond donors (Lipinski definition) is 1. The van der Waals surface area contributed by atoms with Gasteiger partial charge in [-0.1, -0.05) is 23.7 Å². The van der Waals surface area contributed by atoms with Crippen LogP contribution in [0.3, 0.4) is 0 Å². The van der Waals surface area contributed by atoms with Crippen LogP contribution in [-0.2, 0) is 0 Å². The number of rotatable bonds is 5. The molecule has 1 heterocycles. The maximum Gasteiger partial charge on any atom is 0.232 e. The van der Waals surface area contributed by atoms with Crippen molar-refractivity contribution in [2.75, 3.05) is 16.8 Å². The maximum atomic E-state index is 5.95. The van der Waals surface area contributed by atoms with E-state index in [4.69, 9.17) is 16.6 Å². The van der Waals surface area contributed by atoms with Crippen molar-refractivity contribution in [3.05, 3.63) is 70.9 Å². The van der Waals surface area contributed by atoms with Gasteiger partial charge in [0.15, 0.2) is 0 Å². The molecule has 0 aliphatic heterocycles. The first-order chi connectivity index (χ1) is 12.0. The summed E-state index contributed by atoms with van der Waals surface area (Å²) in [4.78, 5) is 11.4. The molecule has 0 spiro atoms. The molecule has 25 heavy (non-hydrogen) atoms. The molecule has 1 N–H and O–H groups in total. The molecule has 0 saturated heterocycles. The first kappa shape index (κ1) is 17.2. The second-order valence-electron chi connectivity index (χ2n) is 5.91. The van der Waals surface area contributed by atoms with Crippen LogP contribution in [0.2, 0.25) is 5.02 Å². The zero-order valence-corrected chi connectivity index (χ0v) is 15.4. The second kappa shape index (κ2) is 7.53. The van der Waals surface area contributed by atoms with Crippen molar-refractivity contribution in [1.29, 1.82) is 0 Å². The normalized spacial score (nSPS) is 10.6. The molecule has 0 radical (unpaired) electrons. The standard InChI is InChI=1S/C20H21ClN4/c1-4-25(18-7-5-6-14(2)12-18)20-22-15(3)13-19(24-20)23-17-10-8-16(21)9-11-17/h5-13H,4H2,1-3H3,(H,22,23,24). The predicted molar refractivity (Wildman–Crippen MR) is 105 cm³/mol. The molecule has 0 atom stereocenters. The van der Waals surface area contributed by atoms with E-state index in [2.05, 4.69) is 53.3 Å². The Morgan fingerprint density at radius 2 is 1.76 bits per heavy atom. The lowest BCUT2D eigenvalue weighted by molar-refractivity contribution is 0.935. The lowest BCUT2D eigenvalue weighted by Crippen LogP contribution is -2.19. The van der Waals surface area contributed by atoms with Crippen LogP contribution in [0.4, 0.5) is 23.1 Å². The number of aryl methyl sites for hydroxylation is 2. The highest BCUT2D eigenvalue weighted by molar-refractivity contribution is 6.30. The van der Waals surface area contributed by atoms with E-state index < -0.39 is 0 Å². The van der Waals surface area contributed by atoms with Crippen LogP contribution in [0.5, 0.6) is 0 Å². The molecular formula is C20H21ClN4. The van der Waals surface area contributed by atoms with Gasteiger partial charge in [-0.25, -0.2) is 4.98 Å². The van der Waals surface area contributed by atoms with Crippen LogP contribution in [-0.4, -0.2) is 16.5 Å². The first-order valence-corrected chi connectivity index (χ1v) is 8.65. The van der Waals surface area contributed by atoms with E-state index in [0.717, 1.165) is 29.4 Å². The van der Waals surface area contributed by atoms with E-state index in [9.17, 15) is 0 Å². The van der Waals surface area contributed by atoms with Crippen molar-refractivity contribution in [2.24, 2.45) is 0 Å². The Hall–Kier alpha value is -2.59. The van der Waals surface area contributed by atoms with Gasteiger partial charge in [-0.15, -0.1) is 0 Å². The van der Waals surface area contributed by atoms with E-state index in [0.29, 0.717) is 11.0 Å². The predicted octanol–water partition coefficient (Wildman–Crippen LogP) is 5.65. The SMILES string of the molecule is CCN(c1cccc(C)c1)c1nc(C)cc(Nc2ccc(Cl)cc2)n1. The number of aromatic nitrogens is 2. The molecule has 0 aliphatic carbocycles. The van der Waals surface area contributed by atoms with Crippen molar-refractivity contribution in [2.45, 2.75) is 20.8 Å². The highest BCUT2D eigenvalue weighted by atomic mass is 35.5. The summed E-state index contributed by atoms with van der Waals surface area (Å²) in [7, 11) is 0. The van der Waals surface area contributed by atoms with E-state index in [1.54, 1.807) is 0 Å². The van der Waals surface area contributed by atoms with Crippen LogP contribution >= 0.6 is 11.6 Å². The van der Waals surface area contributed by atoms with Gasteiger partial charge in [0.05, 0.1) is 0 Å². The van der Waals surface area contributed by atoms with Gasteiger partial charge in [0, 0.05) is 34.7 Å². The Morgan fingerprint density at radius 3 is 2.44 bits per heavy atom. The minimum absolute atomic E-state index is 0.685. The maximum absolute atomic E-state index is 5.95. The Kier molecular flexibility index (Phi) is 5.19. The zero-order valence-electron chi connectivity index (χ0n) is 14.6. The number of nitrogens with one attached hydrogen (secondary N) is 1. The molecule has 0 saturated carbocycles. The van der Waals surface area contributed by atoms with Gasteiger partial charge in [0.25, 0.3) is 0 Å². The molecule has 128 valence electrons. The van der Waals surface area contributed by atoms with Crippen molar-refractivity contribution in [3.8, 4) is 0 Å². The molecule has 0 aliphatic rings. The lowest BCUT2D eigenvalue weighted by Gasteiger charge is -2.22. The summed E-state index contributed by atoms with van der Waals surface area (Å²) in [6, 6.07) is 17.8. The second-order valence-corrected chi connectivity index (χ2v) is 6.35. The minimum atomic E-state index is 0.685. The zero-order chi connectivity index (χ0) is 17.8. The summed E-state index contributed by atoms with van der Waals surface area (Å²) in [6.07, 6.45) is 0. The average molecular weight is 353 g/mol. The highest BCUT2D eigenvalue weighted by Gasteiger charge is 2.12. The monoisotopic (exact) mass is 352 g/mol. The summed E-state index contributed by atoms with van der Waals surface area (Å²) < 4.78 is 0. The fourth-order valence-electron chi connectivity index (χ4n) is 2.65. The molecule has 4 nitrogen and oxygen atoms in total. The molecule has 5 heteroatoms. The fourth-order valence-corrected chi connectivity index (χ4v) is 2.78. The van der Waals surface area contributed by atoms with Crippen LogP contribution in [0.25, 0.3) is 0 Å². The number of benzene rings is 2. The van der Waals surface area contributed by atoms with Crippen LogP contribution < -0.4 is 10.2 Å². The lowest BCUT2D eigenvalue weighted by atomic mass is 10.2. The third kappa shape index (κ3) is 4.28. The summed E-state index contributed by atoms with van der Waals surface area (Å²) in [5.74, 6) is 1.44. The van der Waals surface area contributed by atoms with Crippen molar-refractivity contribution in [1.82, 2.24) is 9.97 Å². The van der Waals surface area contributed by atoms with E-state index in [-0.39, 0.29) is 0 Å². The molecule has 2 aromatic carbocycles. The number of halogens is 1. The van der Waals surface area contributed by atoms with Gasteiger partial charge in [0.1, 0.15) is 5.82 Å². The smallest absolute Gasteiger partial charge is 0.232 e. The van der Waals surface area contributed by atoms with Gasteiger partial charge < -0.3 is 10.2 Å². The summed E-state index contributed by atoms with van der Waals surface area (Å²) in [5, 5.41) is 4.03. The average Bonchev–Trinajstić information content (AvgIpc) is 2.57. The molecule has 0 amide bonds. The molecule has 3 rings (SSSR count). The van der Waals surface area contributed by atoms with Crippen LogP contribution in [0.1, 0.15) is 18.2 Å². The first-order valence-electron chi connectivity index (χ1n) is 8.27. The van der Waals surface area contributed by atoms with Gasteiger partial charge >= 0.3 is 0 Å². The van der Waals surface area contributed by atoms with Gasteiger partial charge in [0.2, 0.25) is 5.95 Å². The van der Waals surface area contributed by atoms with E-state index in [1.165, 1.54) is 5.56 Å². The van der Waals surface area contributed by atoms with Crippen molar-refractivity contribution < 1.29 is 0 Å². The summed E-state index contributed by atoms with van der Waals surface area (Å²) >= 11 is 5.95. The number of hydrogen-bond acceptors (Lipinski definition) is 4. The number of nitrogens with zero attached hydrogens (tertiary/aromatic N) is 3. The minimum Gasteiger partial charge on any atom is -0.340 e. The van der Waals surface area contributed by atoms with Gasteiger partial charge in [-0.05, 0) is 62.7 Å². The fraction of sp³-hybridized carbons (Fsp3) is 0.200. The molecule has 0 bridgehead atoms. The molecule has 0 fully saturated rings. The molecule has 0 unspecified atom stereocenters. The van der Waals surface area contributed by atoms with Crippen molar-refractivity contribution >= 4 is 34.7 Å². The topological polar surface area (TPSA) is 41.1 Å². The van der Waals surface area contributed by atoms with E-state index in [1.807, 2.05) is 37.3 Å². The third-order valence-corrected chi connectivity index (χ3v) is 4.08. The van der Waals surface area contributed by atoms with E-state index >= 15 is 0 Å². The largest absolute Gasteiger partial charge is 0.340 e. The Bertz CT molecular complexity index is 862. The Labute approximate surface area is 153 Å². The Balaban J connectivity index is 1.93. The van der Waals surface area contributed by atoms with Crippen LogP contribution in [0, 0.1) is 13.8 Å². The summed E-state index contributed by atoms with van der Waals surface area (Å²) in [6.45, 7) is 6.94. The van der Waals surface area contributed by atoms with Gasteiger partial charge in [-0.3, -0.25) is 0 Å². The van der Waals surface area contributed by atoms with Crippen LogP contribution in [0.15, 0.2) is 54.6 Å². The van der Waals surface area contributed by atoms with Crippen molar-refractivity contribution in [3.63, 3.8) is 0 Å².